The monoisotopic (exact) mass is 266 g/mol. The second-order valence-electron chi connectivity index (χ2n) is 5.07. The molecule has 1 aliphatic carbocycles. The zero-order chi connectivity index (χ0) is 13.7. The van der Waals surface area contributed by atoms with Gasteiger partial charge in [-0.1, -0.05) is 12.8 Å². The standard InChI is InChI=1S/C12H22N6O/c1-17(10-4-2-3-5-10)7-6-14-11(19)8-18-9-15-12(13)16-18/h9-10H,2-8H2,1H3,(H2,13,16)(H,14,19). The lowest BCUT2D eigenvalue weighted by Crippen LogP contribution is -2.38. The van der Waals surface area contributed by atoms with Gasteiger partial charge in [-0.25, -0.2) is 9.67 Å². The van der Waals surface area contributed by atoms with Gasteiger partial charge in [0, 0.05) is 19.1 Å². The van der Waals surface area contributed by atoms with Crippen LogP contribution in [0.3, 0.4) is 0 Å². The molecule has 0 radical (unpaired) electrons. The maximum absolute atomic E-state index is 11.7. The second-order valence-corrected chi connectivity index (χ2v) is 5.07. The van der Waals surface area contributed by atoms with Crippen molar-refractivity contribution in [3.05, 3.63) is 6.33 Å². The van der Waals surface area contributed by atoms with E-state index in [0.29, 0.717) is 12.6 Å². The summed E-state index contributed by atoms with van der Waals surface area (Å²) >= 11 is 0. The molecule has 0 aromatic carbocycles. The molecule has 0 saturated heterocycles. The van der Waals surface area contributed by atoms with E-state index in [9.17, 15) is 4.79 Å². The molecule has 0 aliphatic heterocycles. The molecular formula is C12H22N6O. The molecule has 0 atom stereocenters. The van der Waals surface area contributed by atoms with Gasteiger partial charge in [0.15, 0.2) is 0 Å². The van der Waals surface area contributed by atoms with Crippen LogP contribution in [-0.4, -0.2) is 51.8 Å². The fourth-order valence-electron chi connectivity index (χ4n) is 2.49. The molecule has 1 saturated carbocycles. The Labute approximate surface area is 113 Å². The summed E-state index contributed by atoms with van der Waals surface area (Å²) in [6.07, 6.45) is 6.68. The first-order chi connectivity index (χ1) is 9.15. The van der Waals surface area contributed by atoms with Crippen LogP contribution >= 0.6 is 0 Å². The van der Waals surface area contributed by atoms with E-state index in [1.54, 1.807) is 0 Å². The Balaban J connectivity index is 1.63. The molecule has 3 N–H and O–H groups in total. The van der Waals surface area contributed by atoms with Gasteiger partial charge in [-0.3, -0.25) is 4.79 Å². The van der Waals surface area contributed by atoms with Crippen molar-refractivity contribution in [1.82, 2.24) is 25.0 Å². The van der Waals surface area contributed by atoms with E-state index in [4.69, 9.17) is 5.73 Å². The van der Waals surface area contributed by atoms with Crippen LogP contribution in [0.25, 0.3) is 0 Å². The van der Waals surface area contributed by atoms with Crippen LogP contribution in [0.2, 0.25) is 0 Å². The van der Waals surface area contributed by atoms with Gasteiger partial charge in [-0.15, -0.1) is 5.10 Å². The van der Waals surface area contributed by atoms with Crippen LogP contribution in [0, 0.1) is 0 Å². The zero-order valence-electron chi connectivity index (χ0n) is 11.4. The number of nitrogens with zero attached hydrogens (tertiary/aromatic N) is 4. The van der Waals surface area contributed by atoms with E-state index in [0.717, 1.165) is 6.54 Å². The molecule has 1 amide bonds. The fourth-order valence-corrected chi connectivity index (χ4v) is 2.49. The highest BCUT2D eigenvalue weighted by Gasteiger charge is 2.18. The molecule has 19 heavy (non-hydrogen) atoms. The van der Waals surface area contributed by atoms with E-state index in [1.807, 2.05) is 0 Å². The van der Waals surface area contributed by atoms with Crippen molar-refractivity contribution >= 4 is 11.9 Å². The first-order valence-electron chi connectivity index (χ1n) is 6.77. The Morgan fingerprint density at radius 1 is 1.58 bits per heavy atom. The Morgan fingerprint density at radius 3 is 2.95 bits per heavy atom. The molecule has 1 aliphatic rings. The number of carbonyl (C=O) groups is 1. The number of aromatic nitrogens is 3. The summed E-state index contributed by atoms with van der Waals surface area (Å²) in [5.41, 5.74) is 5.38. The van der Waals surface area contributed by atoms with Gasteiger partial charge in [0.05, 0.1) is 0 Å². The van der Waals surface area contributed by atoms with Crippen LogP contribution in [0.15, 0.2) is 6.33 Å². The Bertz CT molecular complexity index is 412. The highest BCUT2D eigenvalue weighted by Crippen LogP contribution is 2.21. The van der Waals surface area contributed by atoms with Crippen molar-refractivity contribution in [3.63, 3.8) is 0 Å². The van der Waals surface area contributed by atoms with Crippen molar-refractivity contribution in [2.75, 3.05) is 25.9 Å². The molecule has 1 aromatic rings. The second kappa shape index (κ2) is 6.51. The average Bonchev–Trinajstić information content (AvgIpc) is 3.00. The van der Waals surface area contributed by atoms with Gasteiger partial charge in [-0.05, 0) is 19.9 Å². The van der Waals surface area contributed by atoms with Gasteiger partial charge >= 0.3 is 0 Å². The van der Waals surface area contributed by atoms with Crippen LogP contribution in [0.4, 0.5) is 5.95 Å². The zero-order valence-corrected chi connectivity index (χ0v) is 11.4. The van der Waals surface area contributed by atoms with Crippen molar-refractivity contribution in [2.24, 2.45) is 0 Å². The maximum atomic E-state index is 11.7. The third kappa shape index (κ3) is 4.20. The number of anilines is 1. The third-order valence-corrected chi connectivity index (χ3v) is 3.59. The molecule has 0 unspecified atom stereocenters. The first kappa shape index (κ1) is 13.8. The van der Waals surface area contributed by atoms with Gasteiger partial charge in [0.2, 0.25) is 11.9 Å². The summed E-state index contributed by atoms with van der Waals surface area (Å²) in [5.74, 6) is 0.124. The van der Waals surface area contributed by atoms with Crippen molar-refractivity contribution < 1.29 is 4.79 Å². The van der Waals surface area contributed by atoms with Crippen LogP contribution in [-0.2, 0) is 11.3 Å². The minimum atomic E-state index is -0.0651. The number of hydrogen-bond donors (Lipinski definition) is 2. The minimum Gasteiger partial charge on any atom is -0.367 e. The molecule has 7 heteroatoms. The van der Waals surface area contributed by atoms with E-state index in [2.05, 4.69) is 27.3 Å². The SMILES string of the molecule is CN(CCNC(=O)Cn1cnc(N)n1)C1CCCC1. The molecule has 1 aromatic heterocycles. The predicted octanol–water partition coefficient (Wildman–Crippen LogP) is -0.149. The average molecular weight is 266 g/mol. The maximum Gasteiger partial charge on any atom is 0.241 e. The van der Waals surface area contributed by atoms with E-state index < -0.39 is 0 Å². The number of hydrogen-bond acceptors (Lipinski definition) is 5. The molecule has 1 heterocycles. The number of amides is 1. The third-order valence-electron chi connectivity index (χ3n) is 3.59. The number of nitrogens with two attached hydrogens (primary N) is 1. The first-order valence-corrected chi connectivity index (χ1v) is 6.77. The number of nitrogens with one attached hydrogen (secondary N) is 1. The van der Waals surface area contributed by atoms with Crippen molar-refractivity contribution in [2.45, 2.75) is 38.3 Å². The molecule has 1 fully saturated rings. The summed E-state index contributed by atoms with van der Waals surface area (Å²) in [6.45, 7) is 1.71. The Hall–Kier alpha value is -1.63. The van der Waals surface area contributed by atoms with Crippen LogP contribution in [0.5, 0.6) is 0 Å². The largest absolute Gasteiger partial charge is 0.367 e. The lowest BCUT2D eigenvalue weighted by atomic mass is 10.2. The Kier molecular flexibility index (Phi) is 4.73. The van der Waals surface area contributed by atoms with Crippen molar-refractivity contribution in [1.29, 1.82) is 0 Å². The van der Waals surface area contributed by atoms with Gasteiger partial charge in [0.25, 0.3) is 0 Å². The molecule has 7 nitrogen and oxygen atoms in total. The number of carbonyl (C=O) groups excluding carboxylic acids is 1. The van der Waals surface area contributed by atoms with Crippen LogP contribution in [0.1, 0.15) is 25.7 Å². The van der Waals surface area contributed by atoms with E-state index >= 15 is 0 Å². The fraction of sp³-hybridized carbons (Fsp3) is 0.750. The topological polar surface area (TPSA) is 89.1 Å². The predicted molar refractivity (Wildman–Crippen MR) is 72.3 cm³/mol. The summed E-state index contributed by atoms with van der Waals surface area (Å²) in [4.78, 5) is 17.8. The van der Waals surface area contributed by atoms with E-state index in [1.165, 1.54) is 36.7 Å². The molecule has 0 spiro atoms. The number of rotatable bonds is 6. The van der Waals surface area contributed by atoms with Crippen LogP contribution < -0.4 is 11.1 Å². The molecular weight excluding hydrogens is 244 g/mol. The summed E-state index contributed by atoms with van der Waals surface area (Å²) < 4.78 is 1.44. The lowest BCUT2D eigenvalue weighted by Gasteiger charge is -2.23. The summed E-state index contributed by atoms with van der Waals surface area (Å²) in [5, 5.41) is 6.75. The van der Waals surface area contributed by atoms with Gasteiger partial charge in [-0.2, -0.15) is 0 Å². The molecule has 106 valence electrons. The van der Waals surface area contributed by atoms with E-state index in [-0.39, 0.29) is 18.4 Å². The van der Waals surface area contributed by atoms with Gasteiger partial charge in [0.1, 0.15) is 12.9 Å². The number of likely N-dealkylation sites (N-methyl/N-ethyl adjacent to an activating group) is 1. The molecule has 0 bridgehead atoms. The Morgan fingerprint density at radius 2 is 2.32 bits per heavy atom. The highest BCUT2D eigenvalue weighted by atomic mass is 16.2. The van der Waals surface area contributed by atoms with Crippen molar-refractivity contribution in [3.8, 4) is 0 Å². The number of nitrogen functional groups attached to an aromatic ring is 1. The smallest absolute Gasteiger partial charge is 0.241 e. The molecule has 2 rings (SSSR count). The summed E-state index contributed by atoms with van der Waals surface area (Å²) in [6, 6.07) is 0.687. The lowest BCUT2D eigenvalue weighted by molar-refractivity contribution is -0.121. The van der Waals surface area contributed by atoms with Gasteiger partial charge < -0.3 is 16.0 Å². The minimum absolute atomic E-state index is 0.0651. The quantitative estimate of drug-likeness (QED) is 0.747. The normalized spacial score (nSPS) is 16.1. The highest BCUT2D eigenvalue weighted by molar-refractivity contribution is 5.75. The summed E-state index contributed by atoms with van der Waals surface area (Å²) in [7, 11) is 2.13.